The van der Waals surface area contributed by atoms with Gasteiger partial charge in [0.05, 0.1) is 0 Å². The zero-order chi connectivity index (χ0) is 13.4. The number of nitrogens with zero attached hydrogens (tertiary/aromatic N) is 1. The van der Waals surface area contributed by atoms with Gasteiger partial charge in [0, 0.05) is 25.2 Å². The molecule has 2 unspecified atom stereocenters. The van der Waals surface area contributed by atoms with E-state index in [1.807, 2.05) is 11.0 Å². The summed E-state index contributed by atoms with van der Waals surface area (Å²) < 4.78 is 0. The van der Waals surface area contributed by atoms with Crippen molar-refractivity contribution in [1.82, 2.24) is 10.2 Å². The molecule has 1 aromatic rings. The van der Waals surface area contributed by atoms with Gasteiger partial charge in [-0.3, -0.25) is 4.79 Å². The second kappa shape index (κ2) is 4.97. The number of rotatable bonds is 1. The second-order valence-corrected chi connectivity index (χ2v) is 6.07. The molecule has 3 heteroatoms. The van der Waals surface area contributed by atoms with E-state index in [2.05, 4.69) is 31.3 Å². The van der Waals surface area contributed by atoms with Crippen molar-refractivity contribution in [2.45, 2.75) is 26.8 Å². The predicted octanol–water partition coefficient (Wildman–Crippen LogP) is 2.06. The van der Waals surface area contributed by atoms with Gasteiger partial charge >= 0.3 is 0 Å². The largest absolute Gasteiger partial charge is 0.338 e. The third-order valence-electron chi connectivity index (χ3n) is 4.62. The van der Waals surface area contributed by atoms with E-state index in [9.17, 15) is 4.79 Å². The van der Waals surface area contributed by atoms with Gasteiger partial charge in [-0.1, -0.05) is 19.9 Å². The summed E-state index contributed by atoms with van der Waals surface area (Å²) in [5, 5.41) is 3.37. The minimum atomic E-state index is 0.199. The van der Waals surface area contributed by atoms with Crippen LogP contribution in [0.1, 0.15) is 35.3 Å². The Balaban J connectivity index is 1.80. The van der Waals surface area contributed by atoms with Gasteiger partial charge in [0.2, 0.25) is 0 Å². The van der Waals surface area contributed by atoms with Gasteiger partial charge in [0.25, 0.3) is 5.91 Å². The van der Waals surface area contributed by atoms with Crippen LogP contribution in [-0.2, 0) is 13.0 Å². The quantitative estimate of drug-likeness (QED) is 0.836. The van der Waals surface area contributed by atoms with Crippen molar-refractivity contribution in [1.29, 1.82) is 0 Å². The molecule has 1 N–H and O–H groups in total. The summed E-state index contributed by atoms with van der Waals surface area (Å²) in [4.78, 5) is 14.5. The van der Waals surface area contributed by atoms with E-state index in [1.54, 1.807) is 0 Å². The smallest absolute Gasteiger partial charge is 0.253 e. The molecule has 0 saturated carbocycles. The molecule has 1 fully saturated rings. The van der Waals surface area contributed by atoms with E-state index in [1.165, 1.54) is 11.1 Å². The zero-order valence-electron chi connectivity index (χ0n) is 11.8. The lowest BCUT2D eigenvalue weighted by Gasteiger charge is -2.20. The maximum atomic E-state index is 12.5. The number of nitrogens with one attached hydrogen (secondary N) is 1. The molecule has 2 aliphatic rings. The Morgan fingerprint density at radius 2 is 1.95 bits per heavy atom. The number of fused-ring (bicyclic) bond motifs is 1. The van der Waals surface area contributed by atoms with Crippen LogP contribution in [-0.4, -0.2) is 30.4 Å². The molecular weight excluding hydrogens is 236 g/mol. The molecular formula is C16H22N2O. The monoisotopic (exact) mass is 258 g/mol. The first-order valence-corrected chi connectivity index (χ1v) is 7.27. The van der Waals surface area contributed by atoms with Crippen LogP contribution in [0.25, 0.3) is 0 Å². The summed E-state index contributed by atoms with van der Waals surface area (Å²) in [5.41, 5.74) is 3.53. The molecule has 2 heterocycles. The van der Waals surface area contributed by atoms with E-state index < -0.39 is 0 Å². The van der Waals surface area contributed by atoms with Crippen LogP contribution in [0, 0.1) is 11.8 Å². The molecule has 1 aromatic carbocycles. The van der Waals surface area contributed by atoms with Crippen molar-refractivity contribution in [2.24, 2.45) is 11.8 Å². The molecule has 2 aliphatic heterocycles. The van der Waals surface area contributed by atoms with Crippen molar-refractivity contribution in [2.75, 3.05) is 19.6 Å². The lowest BCUT2D eigenvalue weighted by molar-refractivity contribution is 0.0785. The molecule has 2 atom stereocenters. The third-order valence-corrected chi connectivity index (χ3v) is 4.62. The molecule has 0 radical (unpaired) electrons. The summed E-state index contributed by atoms with van der Waals surface area (Å²) in [6.45, 7) is 8.19. The van der Waals surface area contributed by atoms with E-state index >= 15 is 0 Å². The van der Waals surface area contributed by atoms with E-state index in [0.29, 0.717) is 11.8 Å². The number of hydrogen-bond acceptors (Lipinski definition) is 2. The number of carbonyl (C=O) groups excluding carboxylic acids is 1. The first-order chi connectivity index (χ1) is 9.15. The van der Waals surface area contributed by atoms with Gasteiger partial charge in [-0.25, -0.2) is 0 Å². The Bertz CT molecular complexity index is 488. The van der Waals surface area contributed by atoms with Crippen molar-refractivity contribution < 1.29 is 4.79 Å². The number of carbonyl (C=O) groups is 1. The summed E-state index contributed by atoms with van der Waals surface area (Å²) in [7, 11) is 0. The van der Waals surface area contributed by atoms with Crippen molar-refractivity contribution >= 4 is 5.91 Å². The standard InChI is InChI=1S/C16H22N2O/c1-11-9-18(10-12(11)2)16(19)14-4-3-13-5-6-17-8-15(13)7-14/h3-4,7,11-12,17H,5-6,8-10H2,1-2H3. The minimum Gasteiger partial charge on any atom is -0.338 e. The molecule has 0 bridgehead atoms. The Hall–Kier alpha value is -1.35. The van der Waals surface area contributed by atoms with Crippen LogP contribution in [0.15, 0.2) is 18.2 Å². The number of amides is 1. The Morgan fingerprint density at radius 3 is 2.68 bits per heavy atom. The molecule has 3 rings (SSSR count). The van der Waals surface area contributed by atoms with Gasteiger partial charge in [-0.2, -0.15) is 0 Å². The van der Waals surface area contributed by atoms with Crippen LogP contribution < -0.4 is 5.32 Å². The number of likely N-dealkylation sites (tertiary alicyclic amines) is 1. The van der Waals surface area contributed by atoms with E-state index in [0.717, 1.165) is 38.2 Å². The number of benzene rings is 1. The SMILES string of the molecule is CC1CN(C(=O)c2ccc3c(c2)CNCC3)CC1C. The molecule has 102 valence electrons. The summed E-state index contributed by atoms with van der Waals surface area (Å²) in [6.07, 6.45) is 1.07. The van der Waals surface area contributed by atoms with Crippen LogP contribution >= 0.6 is 0 Å². The molecule has 0 spiro atoms. The normalized spacial score (nSPS) is 26.3. The van der Waals surface area contributed by atoms with Crippen LogP contribution in [0.3, 0.4) is 0 Å². The maximum absolute atomic E-state index is 12.5. The first-order valence-electron chi connectivity index (χ1n) is 7.27. The van der Waals surface area contributed by atoms with E-state index in [-0.39, 0.29) is 5.91 Å². The fraction of sp³-hybridized carbons (Fsp3) is 0.562. The highest BCUT2D eigenvalue weighted by Crippen LogP contribution is 2.24. The molecule has 3 nitrogen and oxygen atoms in total. The Kier molecular flexibility index (Phi) is 3.31. The average molecular weight is 258 g/mol. The first kappa shape index (κ1) is 12.7. The maximum Gasteiger partial charge on any atom is 0.253 e. The van der Waals surface area contributed by atoms with Gasteiger partial charge in [0.15, 0.2) is 0 Å². The van der Waals surface area contributed by atoms with Crippen molar-refractivity contribution in [3.8, 4) is 0 Å². The van der Waals surface area contributed by atoms with Gasteiger partial charge in [0.1, 0.15) is 0 Å². The lowest BCUT2D eigenvalue weighted by atomic mass is 9.98. The molecule has 1 saturated heterocycles. The lowest BCUT2D eigenvalue weighted by Crippen LogP contribution is -2.30. The van der Waals surface area contributed by atoms with Crippen LogP contribution in [0.2, 0.25) is 0 Å². The minimum absolute atomic E-state index is 0.199. The topological polar surface area (TPSA) is 32.3 Å². The fourth-order valence-electron chi connectivity index (χ4n) is 3.09. The fourth-order valence-corrected chi connectivity index (χ4v) is 3.09. The third kappa shape index (κ3) is 2.39. The van der Waals surface area contributed by atoms with Crippen LogP contribution in [0.4, 0.5) is 0 Å². The highest BCUT2D eigenvalue weighted by molar-refractivity contribution is 5.94. The zero-order valence-corrected chi connectivity index (χ0v) is 11.8. The summed E-state index contributed by atoms with van der Waals surface area (Å²) in [6, 6.07) is 6.21. The molecule has 1 amide bonds. The van der Waals surface area contributed by atoms with Crippen LogP contribution in [0.5, 0.6) is 0 Å². The molecule has 0 aromatic heterocycles. The average Bonchev–Trinajstić information content (AvgIpc) is 2.77. The predicted molar refractivity (Wildman–Crippen MR) is 76.1 cm³/mol. The summed E-state index contributed by atoms with van der Waals surface area (Å²) in [5.74, 6) is 1.43. The van der Waals surface area contributed by atoms with E-state index in [4.69, 9.17) is 0 Å². The summed E-state index contributed by atoms with van der Waals surface area (Å²) >= 11 is 0. The van der Waals surface area contributed by atoms with Crippen molar-refractivity contribution in [3.63, 3.8) is 0 Å². The Labute approximate surface area is 115 Å². The van der Waals surface area contributed by atoms with Crippen molar-refractivity contribution in [3.05, 3.63) is 34.9 Å². The Morgan fingerprint density at radius 1 is 1.21 bits per heavy atom. The molecule has 0 aliphatic carbocycles. The van der Waals surface area contributed by atoms with Gasteiger partial charge in [-0.15, -0.1) is 0 Å². The van der Waals surface area contributed by atoms with Gasteiger partial charge < -0.3 is 10.2 Å². The van der Waals surface area contributed by atoms with Gasteiger partial charge in [-0.05, 0) is 48.1 Å². The highest BCUT2D eigenvalue weighted by Gasteiger charge is 2.30. The second-order valence-electron chi connectivity index (χ2n) is 6.07. The number of hydrogen-bond donors (Lipinski definition) is 1. The molecule has 19 heavy (non-hydrogen) atoms. The highest BCUT2D eigenvalue weighted by atomic mass is 16.2.